The van der Waals surface area contributed by atoms with Crippen molar-refractivity contribution in [2.24, 2.45) is 0 Å². The minimum absolute atomic E-state index is 0.267. The number of pyridine rings is 1. The fourth-order valence-corrected chi connectivity index (χ4v) is 2.14. The normalized spacial score (nSPS) is 29.7. The average molecular weight is 174 g/mol. The Morgan fingerprint density at radius 1 is 1.54 bits per heavy atom. The van der Waals surface area contributed by atoms with Gasteiger partial charge in [-0.3, -0.25) is 4.79 Å². The van der Waals surface area contributed by atoms with Gasteiger partial charge in [0.2, 0.25) is 0 Å². The molecule has 1 unspecified atom stereocenters. The second-order valence-corrected chi connectivity index (χ2v) is 3.82. The number of nitrogens with one attached hydrogen (secondary N) is 1. The van der Waals surface area contributed by atoms with Gasteiger partial charge in [-0.1, -0.05) is 6.07 Å². The zero-order chi connectivity index (χ0) is 8.89. The highest BCUT2D eigenvalue weighted by Gasteiger charge is 2.49. The van der Waals surface area contributed by atoms with Gasteiger partial charge in [0.05, 0.1) is 0 Å². The van der Waals surface area contributed by atoms with Crippen molar-refractivity contribution in [2.45, 2.75) is 24.8 Å². The van der Waals surface area contributed by atoms with Crippen LogP contribution in [-0.2, 0) is 11.2 Å². The fraction of sp³-hybridized carbons (Fsp3) is 0.400. The van der Waals surface area contributed by atoms with Crippen molar-refractivity contribution in [3.63, 3.8) is 0 Å². The monoisotopic (exact) mass is 174 g/mol. The molecule has 1 saturated carbocycles. The summed E-state index contributed by atoms with van der Waals surface area (Å²) in [6, 6.07) is 3.96. The van der Waals surface area contributed by atoms with E-state index in [9.17, 15) is 4.79 Å². The van der Waals surface area contributed by atoms with Crippen LogP contribution in [0, 0.1) is 0 Å². The number of Topliss-reactive ketones (excluding diaryl/α,β-unsaturated/α-hetero) is 1. The highest BCUT2D eigenvalue weighted by atomic mass is 16.1. The summed E-state index contributed by atoms with van der Waals surface area (Å²) in [4.78, 5) is 15.6. The molecular weight excluding hydrogens is 164 g/mol. The molecule has 0 radical (unpaired) electrons. The van der Waals surface area contributed by atoms with Gasteiger partial charge in [-0.05, 0) is 18.1 Å². The smallest absolute Gasteiger partial charge is 0.158 e. The van der Waals surface area contributed by atoms with Crippen LogP contribution in [0.15, 0.2) is 18.3 Å². The lowest BCUT2D eigenvalue weighted by Gasteiger charge is -2.36. The topological polar surface area (TPSA) is 42.0 Å². The van der Waals surface area contributed by atoms with E-state index in [0.29, 0.717) is 5.78 Å². The van der Waals surface area contributed by atoms with Gasteiger partial charge in [-0.25, -0.2) is 4.98 Å². The minimum Gasteiger partial charge on any atom is -0.357 e. The van der Waals surface area contributed by atoms with Crippen LogP contribution in [0.3, 0.4) is 0 Å². The molecular formula is C10H10N2O. The number of anilines is 1. The van der Waals surface area contributed by atoms with Crippen LogP contribution in [0.5, 0.6) is 0 Å². The van der Waals surface area contributed by atoms with E-state index in [4.69, 9.17) is 0 Å². The number of carbonyl (C=O) groups is 1. The first-order valence-electron chi connectivity index (χ1n) is 4.56. The van der Waals surface area contributed by atoms with E-state index in [1.807, 2.05) is 12.1 Å². The summed E-state index contributed by atoms with van der Waals surface area (Å²) in [5, 5.41) is 3.24. The van der Waals surface area contributed by atoms with Crippen molar-refractivity contribution < 1.29 is 4.79 Å². The number of hydrogen-bond acceptors (Lipinski definition) is 3. The van der Waals surface area contributed by atoms with Crippen molar-refractivity contribution in [1.29, 1.82) is 0 Å². The first-order valence-corrected chi connectivity index (χ1v) is 4.56. The molecule has 0 amide bonds. The van der Waals surface area contributed by atoms with E-state index in [0.717, 1.165) is 25.1 Å². The number of rotatable bonds is 0. The lowest BCUT2D eigenvalue weighted by molar-refractivity contribution is -0.129. The predicted molar refractivity (Wildman–Crippen MR) is 48.5 cm³/mol. The maximum absolute atomic E-state index is 11.4. The maximum atomic E-state index is 11.4. The molecule has 1 fully saturated rings. The Labute approximate surface area is 76.2 Å². The summed E-state index contributed by atoms with van der Waals surface area (Å²) in [6.45, 7) is 0. The Balaban J connectivity index is 2.01. The third-order valence-corrected chi connectivity index (χ3v) is 3.05. The second kappa shape index (κ2) is 2.10. The quantitative estimate of drug-likeness (QED) is 0.641. The van der Waals surface area contributed by atoms with E-state index in [-0.39, 0.29) is 5.54 Å². The molecule has 1 spiro atoms. The largest absolute Gasteiger partial charge is 0.357 e. The molecule has 2 aliphatic rings. The molecule has 0 saturated heterocycles. The highest BCUT2D eigenvalue weighted by molar-refractivity contribution is 5.98. The molecule has 2 heterocycles. The number of hydrogen-bond donors (Lipinski definition) is 1. The third-order valence-electron chi connectivity index (χ3n) is 3.05. The van der Waals surface area contributed by atoms with E-state index in [2.05, 4.69) is 10.3 Å². The van der Waals surface area contributed by atoms with Crippen LogP contribution < -0.4 is 5.32 Å². The van der Waals surface area contributed by atoms with E-state index < -0.39 is 0 Å². The third kappa shape index (κ3) is 0.789. The molecule has 3 nitrogen and oxygen atoms in total. The lowest BCUT2D eigenvalue weighted by Crippen LogP contribution is -2.53. The molecule has 3 rings (SSSR count). The predicted octanol–water partition coefficient (Wildman–Crippen LogP) is 1.15. The Bertz CT molecular complexity index is 361. The number of ketones is 1. The summed E-state index contributed by atoms with van der Waals surface area (Å²) in [7, 11) is 0. The maximum Gasteiger partial charge on any atom is 0.158 e. The lowest BCUT2D eigenvalue weighted by atomic mass is 9.74. The van der Waals surface area contributed by atoms with Gasteiger partial charge in [-0.15, -0.1) is 0 Å². The molecule has 1 N–H and O–H groups in total. The van der Waals surface area contributed by atoms with Gasteiger partial charge in [0.15, 0.2) is 5.78 Å². The van der Waals surface area contributed by atoms with Gasteiger partial charge >= 0.3 is 0 Å². The van der Waals surface area contributed by atoms with Gasteiger partial charge in [-0.2, -0.15) is 0 Å². The molecule has 1 aromatic rings. The Morgan fingerprint density at radius 3 is 3.08 bits per heavy atom. The summed E-state index contributed by atoms with van der Waals surface area (Å²) in [6.07, 6.45) is 4.27. The minimum atomic E-state index is -0.267. The van der Waals surface area contributed by atoms with Gasteiger partial charge < -0.3 is 5.32 Å². The standard InChI is InChI=1S/C10H10N2O/c13-8-3-4-10(8)6-7-2-1-5-11-9(7)12-10/h1-2,5H,3-4,6H2,(H,11,12). The molecule has 3 heteroatoms. The zero-order valence-corrected chi connectivity index (χ0v) is 7.21. The zero-order valence-electron chi connectivity index (χ0n) is 7.21. The molecule has 0 aromatic carbocycles. The van der Waals surface area contributed by atoms with Crippen LogP contribution in [0.1, 0.15) is 18.4 Å². The van der Waals surface area contributed by atoms with Crippen molar-refractivity contribution in [3.05, 3.63) is 23.9 Å². The molecule has 1 atom stereocenters. The summed E-state index contributed by atoms with van der Waals surface area (Å²) in [5.41, 5.74) is 0.909. The Morgan fingerprint density at radius 2 is 2.46 bits per heavy atom. The molecule has 1 aliphatic heterocycles. The van der Waals surface area contributed by atoms with Crippen LogP contribution in [-0.4, -0.2) is 16.3 Å². The van der Waals surface area contributed by atoms with Crippen molar-refractivity contribution >= 4 is 11.6 Å². The van der Waals surface area contributed by atoms with Crippen LogP contribution in [0.4, 0.5) is 5.82 Å². The van der Waals surface area contributed by atoms with Crippen LogP contribution in [0.2, 0.25) is 0 Å². The first-order chi connectivity index (χ1) is 6.30. The van der Waals surface area contributed by atoms with Gasteiger partial charge in [0, 0.05) is 19.0 Å². The first kappa shape index (κ1) is 7.06. The van der Waals surface area contributed by atoms with Crippen molar-refractivity contribution in [1.82, 2.24) is 4.98 Å². The van der Waals surface area contributed by atoms with Gasteiger partial charge in [0.1, 0.15) is 11.4 Å². The summed E-state index contributed by atoms with van der Waals surface area (Å²) >= 11 is 0. The molecule has 66 valence electrons. The number of carbonyl (C=O) groups excluding carboxylic acids is 1. The molecule has 1 aromatic heterocycles. The number of nitrogens with zero attached hydrogens (tertiary/aromatic N) is 1. The fourth-order valence-electron chi connectivity index (χ4n) is 2.14. The average Bonchev–Trinajstić information content (AvgIpc) is 2.57. The number of aromatic nitrogens is 1. The van der Waals surface area contributed by atoms with E-state index >= 15 is 0 Å². The van der Waals surface area contributed by atoms with Crippen LogP contribution in [0.25, 0.3) is 0 Å². The SMILES string of the molecule is O=C1CCC12Cc1cccnc1N2. The Hall–Kier alpha value is -1.38. The second-order valence-electron chi connectivity index (χ2n) is 3.82. The summed E-state index contributed by atoms with van der Waals surface area (Å²) < 4.78 is 0. The van der Waals surface area contributed by atoms with Crippen molar-refractivity contribution in [2.75, 3.05) is 5.32 Å². The van der Waals surface area contributed by atoms with Crippen LogP contribution >= 0.6 is 0 Å². The Kier molecular flexibility index (Phi) is 1.14. The summed E-state index contributed by atoms with van der Waals surface area (Å²) in [5.74, 6) is 1.24. The van der Waals surface area contributed by atoms with Gasteiger partial charge in [0.25, 0.3) is 0 Å². The van der Waals surface area contributed by atoms with E-state index in [1.165, 1.54) is 5.56 Å². The molecule has 1 aliphatic carbocycles. The van der Waals surface area contributed by atoms with E-state index in [1.54, 1.807) is 6.20 Å². The molecule has 13 heavy (non-hydrogen) atoms. The van der Waals surface area contributed by atoms with Crippen molar-refractivity contribution in [3.8, 4) is 0 Å². The highest BCUT2D eigenvalue weighted by Crippen LogP contribution is 2.40. The molecule has 0 bridgehead atoms. The number of fused-ring (bicyclic) bond motifs is 1.